The van der Waals surface area contributed by atoms with Gasteiger partial charge in [0.05, 0.1) is 22.2 Å². The lowest BCUT2D eigenvalue weighted by Crippen LogP contribution is -2.45. The molecule has 0 unspecified atom stereocenters. The highest BCUT2D eigenvalue weighted by atomic mass is 32.2. The van der Waals surface area contributed by atoms with Crippen molar-refractivity contribution in [1.29, 1.82) is 0 Å². The lowest BCUT2D eigenvalue weighted by molar-refractivity contribution is 0.314. The summed E-state index contributed by atoms with van der Waals surface area (Å²) < 4.78 is 26.0. The van der Waals surface area contributed by atoms with Crippen LogP contribution >= 0.6 is 11.3 Å². The number of nitrogens with zero attached hydrogens (tertiary/aromatic N) is 3. The summed E-state index contributed by atoms with van der Waals surface area (Å²) in [6, 6.07) is 4.20. The molecule has 1 fully saturated rings. The molecule has 2 aromatic heterocycles. The highest BCUT2D eigenvalue weighted by molar-refractivity contribution is 7.88. The Balaban J connectivity index is 1.76. The van der Waals surface area contributed by atoms with Crippen LogP contribution in [-0.2, 0) is 10.0 Å². The first-order valence-corrected chi connectivity index (χ1v) is 9.70. The van der Waals surface area contributed by atoms with Crippen LogP contribution in [0.3, 0.4) is 0 Å². The van der Waals surface area contributed by atoms with Gasteiger partial charge in [0, 0.05) is 32.4 Å². The quantitative estimate of drug-likeness (QED) is 0.868. The summed E-state index contributed by atoms with van der Waals surface area (Å²) >= 11 is 1.71. The van der Waals surface area contributed by atoms with Gasteiger partial charge >= 0.3 is 0 Å². The summed E-state index contributed by atoms with van der Waals surface area (Å²) in [4.78, 5) is 6.71. The Bertz CT molecular complexity index is 734. The largest absolute Gasteiger partial charge is 0.370 e. The maximum atomic E-state index is 11.6. The number of hydrogen-bond donors (Lipinski definition) is 0. The molecular formula is C14H19N3O2S2. The molecule has 0 radical (unpaired) electrons. The zero-order chi connectivity index (χ0) is 15.0. The Hall–Kier alpha value is -1.18. The summed E-state index contributed by atoms with van der Waals surface area (Å²) in [5.41, 5.74) is 2.25. The second kappa shape index (κ2) is 5.55. The van der Waals surface area contributed by atoms with Gasteiger partial charge < -0.3 is 4.90 Å². The molecule has 3 heterocycles. The van der Waals surface area contributed by atoms with Crippen molar-refractivity contribution in [3.63, 3.8) is 0 Å². The third-order valence-electron chi connectivity index (χ3n) is 4.17. The Morgan fingerprint density at radius 2 is 2.05 bits per heavy atom. The van der Waals surface area contributed by atoms with Crippen LogP contribution in [0.25, 0.3) is 10.2 Å². The highest BCUT2D eigenvalue weighted by Gasteiger charge is 2.27. The number of sulfonamides is 1. The molecule has 0 N–H and O–H groups in total. The molecule has 0 aliphatic carbocycles. The van der Waals surface area contributed by atoms with E-state index in [1.165, 1.54) is 20.9 Å². The Labute approximate surface area is 129 Å². The zero-order valence-electron chi connectivity index (χ0n) is 12.2. The molecule has 0 bridgehead atoms. The van der Waals surface area contributed by atoms with E-state index in [2.05, 4.69) is 21.3 Å². The number of thiophene rings is 1. The fraction of sp³-hybridized carbons (Fsp3) is 0.500. The van der Waals surface area contributed by atoms with Crippen molar-refractivity contribution in [2.75, 3.05) is 31.3 Å². The first-order valence-electron chi connectivity index (χ1n) is 6.97. The van der Waals surface area contributed by atoms with E-state index in [0.717, 1.165) is 31.4 Å². The molecule has 21 heavy (non-hydrogen) atoms. The minimum absolute atomic E-state index is 0.108. The number of pyridine rings is 1. The SMILES string of the molecule is CN(C1CCN(c2ccnc3ccsc23)CC1)S(C)(=O)=O. The lowest BCUT2D eigenvalue weighted by Gasteiger charge is -2.37. The van der Waals surface area contributed by atoms with Gasteiger partial charge in [0.15, 0.2) is 0 Å². The van der Waals surface area contributed by atoms with Gasteiger partial charge in [-0.2, -0.15) is 0 Å². The van der Waals surface area contributed by atoms with Crippen LogP contribution in [-0.4, -0.2) is 50.1 Å². The molecule has 2 aromatic rings. The normalized spacial score (nSPS) is 17.8. The third-order valence-corrected chi connectivity index (χ3v) is 6.44. The predicted octanol–water partition coefficient (Wildman–Crippen LogP) is 2.16. The van der Waals surface area contributed by atoms with Gasteiger partial charge in [0.25, 0.3) is 0 Å². The van der Waals surface area contributed by atoms with Crippen molar-refractivity contribution in [1.82, 2.24) is 9.29 Å². The maximum Gasteiger partial charge on any atom is 0.211 e. The summed E-state index contributed by atoms with van der Waals surface area (Å²) in [5.74, 6) is 0. The van der Waals surface area contributed by atoms with Gasteiger partial charge in [0.1, 0.15) is 0 Å². The number of hydrogen-bond acceptors (Lipinski definition) is 5. The van der Waals surface area contributed by atoms with Crippen LogP contribution < -0.4 is 4.90 Å². The van der Waals surface area contributed by atoms with Gasteiger partial charge in [-0.1, -0.05) is 0 Å². The monoisotopic (exact) mass is 325 g/mol. The fourth-order valence-electron chi connectivity index (χ4n) is 2.85. The molecule has 0 spiro atoms. The van der Waals surface area contributed by atoms with E-state index in [1.807, 2.05) is 12.3 Å². The predicted molar refractivity (Wildman–Crippen MR) is 87.5 cm³/mol. The van der Waals surface area contributed by atoms with Crippen molar-refractivity contribution in [2.45, 2.75) is 18.9 Å². The van der Waals surface area contributed by atoms with Crippen molar-refractivity contribution in [3.8, 4) is 0 Å². The van der Waals surface area contributed by atoms with Crippen molar-refractivity contribution in [2.24, 2.45) is 0 Å². The Morgan fingerprint density at radius 1 is 1.33 bits per heavy atom. The van der Waals surface area contributed by atoms with Crippen LogP contribution in [0.5, 0.6) is 0 Å². The van der Waals surface area contributed by atoms with Crippen LogP contribution in [0.4, 0.5) is 5.69 Å². The van der Waals surface area contributed by atoms with E-state index in [1.54, 1.807) is 18.4 Å². The van der Waals surface area contributed by atoms with Crippen LogP contribution in [0.1, 0.15) is 12.8 Å². The average molecular weight is 325 g/mol. The molecule has 1 aliphatic heterocycles. The zero-order valence-corrected chi connectivity index (χ0v) is 13.8. The van der Waals surface area contributed by atoms with E-state index in [9.17, 15) is 8.42 Å². The second-order valence-corrected chi connectivity index (χ2v) is 8.42. The van der Waals surface area contributed by atoms with Crippen LogP contribution in [0.2, 0.25) is 0 Å². The second-order valence-electron chi connectivity index (χ2n) is 5.46. The number of aromatic nitrogens is 1. The minimum Gasteiger partial charge on any atom is -0.370 e. The molecule has 5 nitrogen and oxygen atoms in total. The molecule has 0 atom stereocenters. The number of rotatable bonds is 3. The number of anilines is 1. The van der Waals surface area contributed by atoms with Gasteiger partial charge in [-0.25, -0.2) is 12.7 Å². The summed E-state index contributed by atoms with van der Waals surface area (Å²) in [6.45, 7) is 1.75. The number of fused-ring (bicyclic) bond motifs is 1. The van der Waals surface area contributed by atoms with E-state index in [0.29, 0.717) is 0 Å². The lowest BCUT2D eigenvalue weighted by atomic mass is 10.0. The molecule has 1 saturated heterocycles. The third kappa shape index (κ3) is 2.90. The topological polar surface area (TPSA) is 53.5 Å². The van der Waals surface area contributed by atoms with Crippen LogP contribution in [0, 0.1) is 0 Å². The highest BCUT2D eigenvalue weighted by Crippen LogP contribution is 2.32. The van der Waals surface area contributed by atoms with Gasteiger partial charge in [-0.3, -0.25) is 4.98 Å². The molecule has 1 aliphatic rings. The molecule has 0 aromatic carbocycles. The van der Waals surface area contributed by atoms with Gasteiger partial charge in [-0.05, 0) is 30.4 Å². The molecule has 3 rings (SSSR count). The molecule has 0 amide bonds. The van der Waals surface area contributed by atoms with E-state index in [-0.39, 0.29) is 6.04 Å². The molecule has 7 heteroatoms. The maximum absolute atomic E-state index is 11.6. The Morgan fingerprint density at radius 3 is 2.71 bits per heavy atom. The first-order chi connectivity index (χ1) is 9.97. The Kier molecular flexibility index (Phi) is 3.90. The molecule has 0 saturated carbocycles. The molecule has 114 valence electrons. The van der Waals surface area contributed by atoms with E-state index in [4.69, 9.17) is 0 Å². The summed E-state index contributed by atoms with van der Waals surface area (Å²) in [7, 11) is -1.42. The summed E-state index contributed by atoms with van der Waals surface area (Å²) in [5, 5.41) is 2.06. The number of piperidine rings is 1. The first kappa shape index (κ1) is 14.7. The fourth-order valence-corrected chi connectivity index (χ4v) is 4.49. The van der Waals surface area contributed by atoms with Crippen LogP contribution in [0.15, 0.2) is 23.7 Å². The van der Waals surface area contributed by atoms with Gasteiger partial charge in [-0.15, -0.1) is 11.3 Å². The van der Waals surface area contributed by atoms with E-state index < -0.39 is 10.0 Å². The smallest absolute Gasteiger partial charge is 0.211 e. The van der Waals surface area contributed by atoms with Crippen molar-refractivity contribution >= 4 is 37.3 Å². The molecular weight excluding hydrogens is 306 g/mol. The van der Waals surface area contributed by atoms with Crippen molar-refractivity contribution < 1.29 is 8.42 Å². The van der Waals surface area contributed by atoms with E-state index >= 15 is 0 Å². The van der Waals surface area contributed by atoms with Crippen molar-refractivity contribution in [3.05, 3.63) is 23.7 Å². The van der Waals surface area contributed by atoms with Gasteiger partial charge in [0.2, 0.25) is 10.0 Å². The average Bonchev–Trinajstić information content (AvgIpc) is 2.94. The standard InChI is InChI=1S/C14H19N3O2S2/c1-16(21(2,18)19)11-4-8-17(9-5-11)13-3-7-15-12-6-10-20-14(12)13/h3,6-7,10-11H,4-5,8-9H2,1-2H3. The summed E-state index contributed by atoms with van der Waals surface area (Å²) in [6.07, 6.45) is 4.84. The minimum atomic E-state index is -3.10.